The molecule has 0 heterocycles. The molecule has 0 radical (unpaired) electrons. The highest BCUT2D eigenvalue weighted by atomic mass is 32.2. The van der Waals surface area contributed by atoms with Crippen molar-refractivity contribution in [2.75, 3.05) is 12.9 Å². The van der Waals surface area contributed by atoms with Gasteiger partial charge in [-0.2, -0.15) is 0 Å². The first kappa shape index (κ1) is 18.9. The fourth-order valence-corrected chi connectivity index (χ4v) is 3.65. The average molecular weight is 365 g/mol. The van der Waals surface area contributed by atoms with Crippen LogP contribution in [0.1, 0.15) is 17.5 Å². The van der Waals surface area contributed by atoms with Gasteiger partial charge < -0.3 is 10.1 Å². The number of hydrogen-bond acceptors (Lipinski definition) is 4. The molecule has 0 unspecified atom stereocenters. The fraction of sp³-hybridized carbons (Fsp3) is 0.278. The van der Waals surface area contributed by atoms with E-state index >= 15 is 0 Å². The van der Waals surface area contributed by atoms with E-state index in [1.807, 2.05) is 18.2 Å². The molecule has 1 N–H and O–H groups in total. The van der Waals surface area contributed by atoms with Crippen LogP contribution in [0.4, 0.5) is 4.39 Å². The molecule has 2 aromatic rings. The monoisotopic (exact) mass is 365 g/mol. The molecular formula is C18H20FNO4S. The van der Waals surface area contributed by atoms with Gasteiger partial charge in [0.15, 0.2) is 9.84 Å². The highest BCUT2D eigenvalue weighted by Crippen LogP contribution is 2.17. The van der Waals surface area contributed by atoms with Gasteiger partial charge in [0.1, 0.15) is 11.6 Å². The molecule has 2 aromatic carbocycles. The molecule has 25 heavy (non-hydrogen) atoms. The zero-order valence-electron chi connectivity index (χ0n) is 13.9. The first-order valence-corrected chi connectivity index (χ1v) is 9.56. The molecule has 0 bridgehead atoms. The number of nitrogens with one attached hydrogen (secondary N) is 1. The number of halogens is 1. The molecule has 0 aliphatic heterocycles. The number of hydrogen-bond donors (Lipinski definition) is 1. The summed E-state index contributed by atoms with van der Waals surface area (Å²) in [6.45, 7) is 0.246. The minimum atomic E-state index is -3.57. The lowest BCUT2D eigenvalue weighted by Gasteiger charge is -2.10. The van der Waals surface area contributed by atoms with Gasteiger partial charge in [-0.1, -0.05) is 36.4 Å². The van der Waals surface area contributed by atoms with Crippen molar-refractivity contribution in [2.24, 2.45) is 0 Å². The third-order valence-electron chi connectivity index (χ3n) is 3.64. The van der Waals surface area contributed by atoms with Crippen LogP contribution in [0.15, 0.2) is 48.5 Å². The zero-order chi connectivity index (χ0) is 18.3. The SMILES string of the molecule is COc1ccccc1CNC(=O)CCS(=O)(=O)Cc1ccccc1F. The molecule has 0 aliphatic carbocycles. The van der Waals surface area contributed by atoms with Crippen LogP contribution in [0, 0.1) is 5.82 Å². The summed E-state index contributed by atoms with van der Waals surface area (Å²) in [5.41, 5.74) is 0.907. The van der Waals surface area contributed by atoms with E-state index in [0.29, 0.717) is 5.75 Å². The van der Waals surface area contributed by atoms with E-state index in [9.17, 15) is 17.6 Å². The number of rotatable bonds is 8. The number of benzene rings is 2. The number of ether oxygens (including phenoxy) is 1. The van der Waals surface area contributed by atoms with E-state index in [2.05, 4.69) is 5.32 Å². The van der Waals surface area contributed by atoms with Gasteiger partial charge in [0.25, 0.3) is 0 Å². The van der Waals surface area contributed by atoms with Crippen molar-refractivity contribution in [2.45, 2.75) is 18.7 Å². The number of carbonyl (C=O) groups is 1. The molecule has 134 valence electrons. The Morgan fingerprint density at radius 1 is 1.08 bits per heavy atom. The Bertz CT molecular complexity index is 836. The summed E-state index contributed by atoms with van der Waals surface area (Å²) in [5.74, 6) is -1.05. The second-order valence-electron chi connectivity index (χ2n) is 5.52. The summed E-state index contributed by atoms with van der Waals surface area (Å²) >= 11 is 0. The van der Waals surface area contributed by atoms with Crippen LogP contribution < -0.4 is 10.1 Å². The van der Waals surface area contributed by atoms with Crippen molar-refractivity contribution in [3.05, 3.63) is 65.5 Å². The number of sulfone groups is 1. The zero-order valence-corrected chi connectivity index (χ0v) is 14.7. The summed E-state index contributed by atoms with van der Waals surface area (Å²) in [5, 5.41) is 2.66. The predicted octanol–water partition coefficient (Wildman–Crippen LogP) is 2.46. The number of carbonyl (C=O) groups excluding carboxylic acids is 1. The Morgan fingerprint density at radius 3 is 2.40 bits per heavy atom. The lowest BCUT2D eigenvalue weighted by atomic mass is 10.2. The topological polar surface area (TPSA) is 72.5 Å². The Morgan fingerprint density at radius 2 is 1.72 bits per heavy atom. The van der Waals surface area contributed by atoms with Gasteiger partial charge in [0.2, 0.25) is 5.91 Å². The minimum absolute atomic E-state index is 0.108. The van der Waals surface area contributed by atoms with Crippen molar-refractivity contribution in [1.82, 2.24) is 5.32 Å². The molecular weight excluding hydrogens is 345 g/mol. The second kappa shape index (κ2) is 8.62. The lowest BCUT2D eigenvalue weighted by molar-refractivity contribution is -0.120. The molecule has 7 heteroatoms. The van der Waals surface area contributed by atoms with Gasteiger partial charge in [-0.25, -0.2) is 12.8 Å². The highest BCUT2D eigenvalue weighted by molar-refractivity contribution is 7.90. The minimum Gasteiger partial charge on any atom is -0.496 e. The summed E-state index contributed by atoms with van der Waals surface area (Å²) in [7, 11) is -2.04. The van der Waals surface area contributed by atoms with Gasteiger partial charge in [-0.15, -0.1) is 0 Å². The largest absolute Gasteiger partial charge is 0.496 e. The number of para-hydroxylation sites is 1. The van der Waals surface area contributed by atoms with Crippen molar-refractivity contribution < 1.29 is 22.3 Å². The number of methoxy groups -OCH3 is 1. The van der Waals surface area contributed by atoms with Gasteiger partial charge in [-0.3, -0.25) is 4.79 Å². The van der Waals surface area contributed by atoms with E-state index in [-0.39, 0.29) is 30.2 Å². The Hall–Kier alpha value is -2.41. The van der Waals surface area contributed by atoms with Gasteiger partial charge >= 0.3 is 0 Å². The third kappa shape index (κ3) is 5.86. The smallest absolute Gasteiger partial charge is 0.221 e. The van der Waals surface area contributed by atoms with Crippen LogP contribution in [0.25, 0.3) is 0 Å². The Balaban J connectivity index is 1.85. The average Bonchev–Trinajstić information content (AvgIpc) is 2.60. The van der Waals surface area contributed by atoms with Crippen LogP contribution >= 0.6 is 0 Å². The molecule has 0 fully saturated rings. The summed E-state index contributed by atoms with van der Waals surface area (Å²) in [4.78, 5) is 11.9. The summed E-state index contributed by atoms with van der Waals surface area (Å²) in [6.07, 6.45) is -0.175. The fourth-order valence-electron chi connectivity index (χ4n) is 2.30. The molecule has 0 aliphatic rings. The summed E-state index contributed by atoms with van der Waals surface area (Å²) in [6, 6.07) is 12.9. The first-order chi connectivity index (χ1) is 11.9. The van der Waals surface area contributed by atoms with Crippen LogP contribution in [-0.4, -0.2) is 27.2 Å². The standard InChI is InChI=1S/C18H20FNO4S/c1-24-17-9-5-3-6-14(17)12-20-18(21)10-11-25(22,23)13-15-7-2-4-8-16(15)19/h2-9H,10-13H2,1H3,(H,20,21). The summed E-state index contributed by atoms with van der Waals surface area (Å²) < 4.78 is 42.9. The lowest BCUT2D eigenvalue weighted by Crippen LogP contribution is -2.25. The third-order valence-corrected chi connectivity index (χ3v) is 5.22. The number of amides is 1. The highest BCUT2D eigenvalue weighted by Gasteiger charge is 2.16. The van der Waals surface area contributed by atoms with Crippen LogP contribution in [0.5, 0.6) is 5.75 Å². The van der Waals surface area contributed by atoms with E-state index in [1.165, 1.54) is 25.3 Å². The second-order valence-corrected chi connectivity index (χ2v) is 7.71. The van der Waals surface area contributed by atoms with Crippen molar-refractivity contribution in [3.63, 3.8) is 0 Å². The molecule has 2 rings (SSSR count). The molecule has 5 nitrogen and oxygen atoms in total. The normalized spacial score (nSPS) is 11.1. The van der Waals surface area contributed by atoms with Crippen LogP contribution in [-0.2, 0) is 26.9 Å². The van der Waals surface area contributed by atoms with Gasteiger partial charge in [0, 0.05) is 24.1 Å². The molecule has 0 atom stereocenters. The van der Waals surface area contributed by atoms with Crippen LogP contribution in [0.3, 0.4) is 0 Å². The van der Waals surface area contributed by atoms with E-state index in [4.69, 9.17) is 4.74 Å². The van der Waals surface area contributed by atoms with Crippen LogP contribution in [0.2, 0.25) is 0 Å². The predicted molar refractivity (Wildman–Crippen MR) is 93.3 cm³/mol. The van der Waals surface area contributed by atoms with Crippen molar-refractivity contribution in [3.8, 4) is 5.75 Å². The van der Waals surface area contributed by atoms with Crippen molar-refractivity contribution >= 4 is 15.7 Å². The Labute approximate surface area is 146 Å². The maximum Gasteiger partial charge on any atom is 0.221 e. The molecule has 0 spiro atoms. The maximum atomic E-state index is 13.5. The Kier molecular flexibility index (Phi) is 6.52. The van der Waals surface area contributed by atoms with Gasteiger partial charge in [-0.05, 0) is 12.1 Å². The maximum absolute atomic E-state index is 13.5. The quantitative estimate of drug-likeness (QED) is 0.780. The van der Waals surface area contributed by atoms with Crippen molar-refractivity contribution in [1.29, 1.82) is 0 Å². The van der Waals surface area contributed by atoms with E-state index in [0.717, 1.165) is 5.56 Å². The molecule has 0 saturated carbocycles. The molecule has 0 aromatic heterocycles. The first-order valence-electron chi connectivity index (χ1n) is 7.74. The molecule has 0 saturated heterocycles. The van der Waals surface area contributed by atoms with E-state index < -0.39 is 21.4 Å². The van der Waals surface area contributed by atoms with Gasteiger partial charge in [0.05, 0.1) is 18.6 Å². The molecule has 1 amide bonds. The van der Waals surface area contributed by atoms with E-state index in [1.54, 1.807) is 12.1 Å².